The number of pyridine rings is 1. The molecule has 0 spiro atoms. The predicted octanol–water partition coefficient (Wildman–Crippen LogP) is 3.82. The van der Waals surface area contributed by atoms with Gasteiger partial charge in [0, 0.05) is 30.5 Å². The SMILES string of the molecule is OCc1cccc(NCc2cccc(-c3ccnc4c3CCN4)c2)c1. The van der Waals surface area contributed by atoms with Crippen molar-refractivity contribution in [2.45, 2.75) is 19.6 Å². The van der Waals surface area contributed by atoms with Crippen molar-refractivity contribution in [2.75, 3.05) is 17.2 Å². The second-order valence-corrected chi connectivity index (χ2v) is 6.27. The van der Waals surface area contributed by atoms with Crippen molar-refractivity contribution in [3.05, 3.63) is 77.5 Å². The number of aliphatic hydroxyl groups is 1. The fourth-order valence-corrected chi connectivity index (χ4v) is 3.31. The van der Waals surface area contributed by atoms with Crippen LogP contribution in [-0.4, -0.2) is 16.6 Å². The summed E-state index contributed by atoms with van der Waals surface area (Å²) in [5, 5.41) is 16.0. The highest BCUT2D eigenvalue weighted by Gasteiger charge is 2.16. The maximum absolute atomic E-state index is 9.25. The number of aliphatic hydroxyl groups excluding tert-OH is 1. The first-order valence-corrected chi connectivity index (χ1v) is 8.58. The molecule has 4 rings (SSSR count). The Hall–Kier alpha value is -2.85. The zero-order chi connectivity index (χ0) is 17.1. The van der Waals surface area contributed by atoms with Gasteiger partial charge in [0.05, 0.1) is 6.61 Å². The standard InChI is InChI=1S/C21H21N3O/c25-14-16-4-2-6-18(12-16)24-13-15-3-1-5-17(11-15)19-7-9-22-21-20(19)8-10-23-21/h1-7,9,11-12,24-25H,8,10,13-14H2,(H,22,23). The lowest BCUT2D eigenvalue weighted by molar-refractivity contribution is 0.282. The number of benzene rings is 2. The maximum atomic E-state index is 9.25. The van der Waals surface area contributed by atoms with Gasteiger partial charge in [-0.3, -0.25) is 0 Å². The van der Waals surface area contributed by atoms with Crippen molar-refractivity contribution in [1.29, 1.82) is 0 Å². The molecule has 0 saturated heterocycles. The molecule has 0 bridgehead atoms. The van der Waals surface area contributed by atoms with Crippen molar-refractivity contribution < 1.29 is 5.11 Å². The second-order valence-electron chi connectivity index (χ2n) is 6.27. The highest BCUT2D eigenvalue weighted by Crippen LogP contribution is 2.31. The number of anilines is 2. The summed E-state index contributed by atoms with van der Waals surface area (Å²) in [6.45, 7) is 1.77. The molecule has 1 aromatic heterocycles. The molecular formula is C21H21N3O. The number of hydrogen-bond donors (Lipinski definition) is 3. The molecule has 2 heterocycles. The Morgan fingerprint density at radius 3 is 2.84 bits per heavy atom. The molecule has 4 nitrogen and oxygen atoms in total. The summed E-state index contributed by atoms with van der Waals surface area (Å²) in [6.07, 6.45) is 2.90. The smallest absolute Gasteiger partial charge is 0.129 e. The van der Waals surface area contributed by atoms with E-state index in [1.165, 1.54) is 22.3 Å². The fourth-order valence-electron chi connectivity index (χ4n) is 3.31. The summed E-state index contributed by atoms with van der Waals surface area (Å²) in [5.74, 6) is 1.02. The van der Waals surface area contributed by atoms with Crippen LogP contribution in [0.3, 0.4) is 0 Å². The molecule has 0 atom stereocenters. The lowest BCUT2D eigenvalue weighted by Gasteiger charge is -2.11. The first-order chi connectivity index (χ1) is 12.3. The van der Waals surface area contributed by atoms with E-state index in [4.69, 9.17) is 0 Å². The molecule has 0 saturated carbocycles. The Morgan fingerprint density at radius 2 is 1.92 bits per heavy atom. The number of nitrogens with zero attached hydrogens (tertiary/aromatic N) is 1. The van der Waals surface area contributed by atoms with Crippen LogP contribution >= 0.6 is 0 Å². The Morgan fingerprint density at radius 1 is 1.04 bits per heavy atom. The van der Waals surface area contributed by atoms with Crippen LogP contribution in [0.1, 0.15) is 16.7 Å². The third kappa shape index (κ3) is 3.35. The Bertz CT molecular complexity index is 892. The van der Waals surface area contributed by atoms with E-state index in [1.807, 2.05) is 30.5 Å². The lowest BCUT2D eigenvalue weighted by Crippen LogP contribution is -2.00. The molecule has 0 amide bonds. The summed E-state index contributed by atoms with van der Waals surface area (Å²) < 4.78 is 0. The fraction of sp³-hybridized carbons (Fsp3) is 0.190. The molecule has 0 unspecified atom stereocenters. The van der Waals surface area contributed by atoms with Crippen LogP contribution in [0.4, 0.5) is 11.5 Å². The minimum absolute atomic E-state index is 0.0617. The van der Waals surface area contributed by atoms with Gasteiger partial charge in [-0.05, 0) is 52.9 Å². The molecule has 3 aromatic rings. The zero-order valence-electron chi connectivity index (χ0n) is 14.0. The van der Waals surface area contributed by atoms with Crippen LogP contribution in [0.2, 0.25) is 0 Å². The molecule has 2 aromatic carbocycles. The van der Waals surface area contributed by atoms with Crippen molar-refractivity contribution >= 4 is 11.5 Å². The summed E-state index contributed by atoms with van der Waals surface area (Å²) in [7, 11) is 0. The van der Waals surface area contributed by atoms with Crippen LogP contribution in [0.5, 0.6) is 0 Å². The van der Waals surface area contributed by atoms with Crippen LogP contribution < -0.4 is 10.6 Å². The number of rotatable bonds is 5. The highest BCUT2D eigenvalue weighted by molar-refractivity contribution is 5.74. The third-order valence-electron chi connectivity index (χ3n) is 4.57. The predicted molar refractivity (Wildman–Crippen MR) is 102 cm³/mol. The summed E-state index contributed by atoms with van der Waals surface area (Å²) in [4.78, 5) is 4.42. The maximum Gasteiger partial charge on any atom is 0.129 e. The van der Waals surface area contributed by atoms with E-state index in [9.17, 15) is 5.11 Å². The Labute approximate surface area is 147 Å². The summed E-state index contributed by atoms with van der Waals surface area (Å²) >= 11 is 0. The first kappa shape index (κ1) is 15.7. The van der Waals surface area contributed by atoms with Crippen molar-refractivity contribution in [1.82, 2.24) is 4.98 Å². The first-order valence-electron chi connectivity index (χ1n) is 8.58. The van der Waals surface area contributed by atoms with Crippen molar-refractivity contribution in [3.8, 4) is 11.1 Å². The Kier molecular flexibility index (Phi) is 4.36. The molecule has 126 valence electrons. The molecule has 4 heteroatoms. The van der Waals surface area contributed by atoms with E-state index in [0.29, 0.717) is 0 Å². The van der Waals surface area contributed by atoms with Crippen LogP contribution in [0.15, 0.2) is 60.8 Å². The average Bonchev–Trinajstić information content (AvgIpc) is 3.15. The highest BCUT2D eigenvalue weighted by atomic mass is 16.3. The number of fused-ring (bicyclic) bond motifs is 1. The Balaban J connectivity index is 1.55. The molecule has 0 fully saturated rings. The quantitative estimate of drug-likeness (QED) is 0.665. The number of hydrogen-bond acceptors (Lipinski definition) is 4. The third-order valence-corrected chi connectivity index (χ3v) is 4.57. The summed E-state index contributed by atoms with van der Waals surface area (Å²) in [5.41, 5.74) is 6.96. The normalized spacial score (nSPS) is 12.5. The molecule has 0 aliphatic carbocycles. The van der Waals surface area contributed by atoms with Crippen LogP contribution in [0, 0.1) is 0 Å². The van der Waals surface area contributed by atoms with Gasteiger partial charge in [0.2, 0.25) is 0 Å². The van der Waals surface area contributed by atoms with Gasteiger partial charge < -0.3 is 15.7 Å². The molecule has 0 radical (unpaired) electrons. The minimum Gasteiger partial charge on any atom is -0.392 e. The van der Waals surface area contributed by atoms with Gasteiger partial charge in [-0.1, -0.05) is 30.3 Å². The summed E-state index contributed by atoms with van der Waals surface area (Å²) in [6, 6.07) is 18.6. The van der Waals surface area contributed by atoms with E-state index in [1.54, 1.807) is 0 Å². The number of aromatic nitrogens is 1. The van der Waals surface area contributed by atoms with Crippen molar-refractivity contribution in [3.63, 3.8) is 0 Å². The van der Waals surface area contributed by atoms with Gasteiger partial charge in [-0.15, -0.1) is 0 Å². The van der Waals surface area contributed by atoms with Gasteiger partial charge in [-0.2, -0.15) is 0 Å². The molecule has 25 heavy (non-hydrogen) atoms. The van der Waals surface area contributed by atoms with Gasteiger partial charge in [0.25, 0.3) is 0 Å². The largest absolute Gasteiger partial charge is 0.392 e. The van der Waals surface area contributed by atoms with Crippen LogP contribution in [-0.2, 0) is 19.6 Å². The molecule has 3 N–H and O–H groups in total. The van der Waals surface area contributed by atoms with E-state index in [2.05, 4.69) is 45.9 Å². The monoisotopic (exact) mass is 331 g/mol. The van der Waals surface area contributed by atoms with E-state index >= 15 is 0 Å². The van der Waals surface area contributed by atoms with E-state index in [0.717, 1.165) is 36.6 Å². The zero-order valence-corrected chi connectivity index (χ0v) is 14.0. The number of nitrogens with one attached hydrogen (secondary N) is 2. The van der Waals surface area contributed by atoms with Crippen molar-refractivity contribution in [2.24, 2.45) is 0 Å². The molecular weight excluding hydrogens is 310 g/mol. The lowest BCUT2D eigenvalue weighted by atomic mass is 9.98. The minimum atomic E-state index is 0.0617. The second kappa shape index (κ2) is 6.95. The molecule has 1 aliphatic heterocycles. The van der Waals surface area contributed by atoms with Gasteiger partial charge in [0.1, 0.15) is 5.82 Å². The molecule has 1 aliphatic rings. The van der Waals surface area contributed by atoms with Gasteiger partial charge in [-0.25, -0.2) is 4.98 Å². The topological polar surface area (TPSA) is 57.2 Å². The van der Waals surface area contributed by atoms with Gasteiger partial charge in [0.15, 0.2) is 0 Å². The van der Waals surface area contributed by atoms with E-state index < -0.39 is 0 Å². The van der Waals surface area contributed by atoms with Gasteiger partial charge >= 0.3 is 0 Å². The average molecular weight is 331 g/mol. The van der Waals surface area contributed by atoms with E-state index in [-0.39, 0.29) is 6.61 Å². The van der Waals surface area contributed by atoms with Crippen LogP contribution in [0.25, 0.3) is 11.1 Å².